The Kier molecular flexibility index (Phi) is 5.84. The van der Waals surface area contributed by atoms with Crippen molar-refractivity contribution < 1.29 is 23.9 Å². The number of ether oxygens (including phenoxy) is 2. The van der Waals surface area contributed by atoms with Crippen molar-refractivity contribution in [3.8, 4) is 17.1 Å². The van der Waals surface area contributed by atoms with Crippen LogP contribution < -0.4 is 15.4 Å². The van der Waals surface area contributed by atoms with E-state index in [1.54, 1.807) is 62.6 Å². The lowest BCUT2D eigenvalue weighted by molar-refractivity contribution is -0.125. The van der Waals surface area contributed by atoms with E-state index in [1.165, 1.54) is 4.68 Å². The van der Waals surface area contributed by atoms with Crippen LogP contribution in [0.2, 0.25) is 0 Å². The number of rotatable bonds is 6. The molecule has 0 saturated carbocycles. The van der Waals surface area contributed by atoms with Crippen LogP contribution >= 0.6 is 0 Å². The molecule has 0 saturated heterocycles. The van der Waals surface area contributed by atoms with Crippen LogP contribution in [0.15, 0.2) is 48.5 Å². The normalized spacial score (nSPS) is 14.8. The number of methoxy groups -OCH3 is 1. The summed E-state index contributed by atoms with van der Waals surface area (Å²) in [6.07, 6.45) is -0.0782. The highest BCUT2D eigenvalue weighted by Crippen LogP contribution is 2.28. The second-order valence-electron chi connectivity index (χ2n) is 6.99. The number of benzene rings is 2. The Balaban J connectivity index is 1.54. The van der Waals surface area contributed by atoms with Crippen molar-refractivity contribution in [2.24, 2.45) is 0 Å². The molecule has 1 aromatic heterocycles. The minimum absolute atomic E-state index is 0.0782. The van der Waals surface area contributed by atoms with Gasteiger partial charge in [0, 0.05) is 11.3 Å². The lowest BCUT2D eigenvalue weighted by atomic mass is 10.1. The van der Waals surface area contributed by atoms with Crippen molar-refractivity contribution in [3.63, 3.8) is 0 Å². The number of nitrogens with one attached hydrogen (secondary N) is 2. The van der Waals surface area contributed by atoms with E-state index in [1.807, 2.05) is 0 Å². The average molecular weight is 435 g/mol. The lowest BCUT2D eigenvalue weighted by Crippen LogP contribution is -2.36. The first-order valence-corrected chi connectivity index (χ1v) is 9.97. The molecule has 0 aliphatic carbocycles. The molecule has 3 aromatic rings. The Morgan fingerprint density at radius 1 is 1.16 bits per heavy atom. The molecule has 1 aliphatic heterocycles. The third kappa shape index (κ3) is 4.29. The molecule has 164 valence electrons. The van der Waals surface area contributed by atoms with Gasteiger partial charge < -0.3 is 14.8 Å². The van der Waals surface area contributed by atoms with Crippen molar-refractivity contribution in [2.75, 3.05) is 24.4 Å². The average Bonchev–Trinajstić information content (AvgIpc) is 3.23. The Hall–Kier alpha value is -4.21. The molecule has 1 atom stereocenters. The summed E-state index contributed by atoms with van der Waals surface area (Å²) in [7, 11) is 1.58. The number of hydrogen-bond acceptors (Lipinski definition) is 7. The van der Waals surface area contributed by atoms with Crippen LogP contribution in [-0.2, 0) is 14.3 Å². The number of fused-ring (bicyclic) bond motifs is 1. The number of esters is 1. The zero-order chi connectivity index (χ0) is 22.7. The third-order valence-electron chi connectivity index (χ3n) is 4.87. The first-order valence-electron chi connectivity index (χ1n) is 9.97. The quantitative estimate of drug-likeness (QED) is 0.570. The maximum atomic E-state index is 12.9. The summed E-state index contributed by atoms with van der Waals surface area (Å²) < 4.78 is 11.5. The van der Waals surface area contributed by atoms with Crippen LogP contribution in [0, 0.1) is 0 Å². The van der Waals surface area contributed by atoms with E-state index in [2.05, 4.69) is 20.7 Å². The van der Waals surface area contributed by atoms with Crippen molar-refractivity contribution in [1.82, 2.24) is 14.8 Å². The number of amides is 2. The zero-order valence-electron chi connectivity index (χ0n) is 17.5. The molecule has 1 aliphatic rings. The fourth-order valence-corrected chi connectivity index (χ4v) is 3.26. The van der Waals surface area contributed by atoms with Crippen molar-refractivity contribution in [3.05, 3.63) is 54.1 Å². The molecule has 0 unspecified atom stereocenters. The van der Waals surface area contributed by atoms with Crippen LogP contribution in [0.4, 0.5) is 11.6 Å². The van der Waals surface area contributed by atoms with E-state index in [9.17, 15) is 14.4 Å². The highest BCUT2D eigenvalue weighted by Gasteiger charge is 2.33. The summed E-state index contributed by atoms with van der Waals surface area (Å²) >= 11 is 0. The number of carbonyl (C=O) groups excluding carboxylic acids is 3. The van der Waals surface area contributed by atoms with E-state index in [0.29, 0.717) is 22.8 Å². The van der Waals surface area contributed by atoms with Crippen molar-refractivity contribution >= 4 is 29.4 Å². The minimum atomic E-state index is -0.872. The van der Waals surface area contributed by atoms with Crippen LogP contribution in [0.5, 0.6) is 5.75 Å². The molecule has 0 bridgehead atoms. The van der Waals surface area contributed by atoms with E-state index >= 15 is 0 Å². The van der Waals surface area contributed by atoms with Crippen molar-refractivity contribution in [1.29, 1.82) is 0 Å². The van der Waals surface area contributed by atoms with Gasteiger partial charge in [0.05, 0.1) is 25.7 Å². The minimum Gasteiger partial charge on any atom is -0.497 e. The molecule has 10 nitrogen and oxygen atoms in total. The highest BCUT2D eigenvalue weighted by molar-refractivity contribution is 6.01. The van der Waals surface area contributed by atoms with Crippen LogP contribution in [-0.4, -0.2) is 46.3 Å². The maximum Gasteiger partial charge on any atom is 0.338 e. The van der Waals surface area contributed by atoms with Crippen LogP contribution in [0.1, 0.15) is 29.7 Å². The highest BCUT2D eigenvalue weighted by atomic mass is 16.5. The standard InChI is InChI=1S/C22H21N5O5/c1-3-32-21(30)14-4-8-15(9-5-14)23-20(29)17-12-18(28)24-22-25-19(26-27(17)22)13-6-10-16(31-2)11-7-13/h4-11,17H,3,12H2,1-2H3,(H,23,29)(H,24,25,26,28)/t17-/m1/s1. The monoisotopic (exact) mass is 435 g/mol. The number of aromatic nitrogens is 3. The van der Waals surface area contributed by atoms with Gasteiger partial charge in [-0.25, -0.2) is 9.48 Å². The van der Waals surface area contributed by atoms with Gasteiger partial charge in [-0.3, -0.25) is 14.9 Å². The first kappa shape index (κ1) is 21.0. The second kappa shape index (κ2) is 8.88. The molecule has 32 heavy (non-hydrogen) atoms. The zero-order valence-corrected chi connectivity index (χ0v) is 17.5. The number of nitrogens with zero attached hydrogens (tertiary/aromatic N) is 3. The van der Waals surface area contributed by atoms with Gasteiger partial charge in [0.1, 0.15) is 11.8 Å². The topological polar surface area (TPSA) is 124 Å². The molecular weight excluding hydrogens is 414 g/mol. The smallest absolute Gasteiger partial charge is 0.338 e. The third-order valence-corrected chi connectivity index (χ3v) is 4.87. The Morgan fingerprint density at radius 3 is 2.53 bits per heavy atom. The van der Waals surface area contributed by atoms with Crippen molar-refractivity contribution in [2.45, 2.75) is 19.4 Å². The molecule has 10 heteroatoms. The molecule has 2 amide bonds. The maximum absolute atomic E-state index is 12.9. The van der Waals surface area contributed by atoms with Gasteiger partial charge in [0.15, 0.2) is 5.82 Å². The van der Waals surface area contributed by atoms with Gasteiger partial charge in [-0.05, 0) is 55.5 Å². The molecule has 4 rings (SSSR count). The van der Waals surface area contributed by atoms with E-state index in [0.717, 1.165) is 5.56 Å². The predicted molar refractivity (Wildman–Crippen MR) is 115 cm³/mol. The van der Waals surface area contributed by atoms with E-state index < -0.39 is 17.9 Å². The summed E-state index contributed by atoms with van der Waals surface area (Å²) in [6, 6.07) is 12.6. The van der Waals surface area contributed by atoms with Gasteiger partial charge in [0.25, 0.3) is 0 Å². The van der Waals surface area contributed by atoms with Gasteiger partial charge in [0.2, 0.25) is 17.8 Å². The molecule has 2 aromatic carbocycles. The number of carbonyl (C=O) groups is 3. The Morgan fingerprint density at radius 2 is 1.88 bits per heavy atom. The van der Waals surface area contributed by atoms with Gasteiger partial charge >= 0.3 is 5.97 Å². The number of hydrogen-bond donors (Lipinski definition) is 2. The fourth-order valence-electron chi connectivity index (χ4n) is 3.26. The summed E-state index contributed by atoms with van der Waals surface area (Å²) in [5.74, 6) is 0.0800. The summed E-state index contributed by atoms with van der Waals surface area (Å²) in [4.78, 5) is 41.2. The molecule has 0 fully saturated rings. The lowest BCUT2D eigenvalue weighted by Gasteiger charge is -2.22. The molecular formula is C22H21N5O5. The van der Waals surface area contributed by atoms with Crippen LogP contribution in [0.3, 0.4) is 0 Å². The Bertz CT molecular complexity index is 1150. The predicted octanol–water partition coefficient (Wildman–Crippen LogP) is 2.65. The molecule has 0 spiro atoms. The number of anilines is 2. The first-order chi connectivity index (χ1) is 15.5. The van der Waals surface area contributed by atoms with E-state index in [4.69, 9.17) is 9.47 Å². The Labute approximate surface area is 183 Å². The summed E-state index contributed by atoms with van der Waals surface area (Å²) in [6.45, 7) is 2.01. The summed E-state index contributed by atoms with van der Waals surface area (Å²) in [5.41, 5.74) is 1.58. The molecule has 2 heterocycles. The fraction of sp³-hybridized carbons (Fsp3) is 0.227. The largest absolute Gasteiger partial charge is 0.497 e. The van der Waals surface area contributed by atoms with Crippen LogP contribution in [0.25, 0.3) is 11.4 Å². The summed E-state index contributed by atoms with van der Waals surface area (Å²) in [5, 5.41) is 9.85. The second-order valence-corrected chi connectivity index (χ2v) is 6.99. The van der Waals surface area contributed by atoms with Gasteiger partial charge in [-0.2, -0.15) is 4.98 Å². The SMILES string of the molecule is CCOC(=O)c1ccc(NC(=O)[C@H]2CC(=O)Nc3nc(-c4ccc(OC)cc4)nn32)cc1. The molecule has 0 radical (unpaired) electrons. The van der Waals surface area contributed by atoms with Gasteiger partial charge in [-0.1, -0.05) is 0 Å². The van der Waals surface area contributed by atoms with Gasteiger partial charge in [-0.15, -0.1) is 5.10 Å². The van der Waals surface area contributed by atoms with E-state index in [-0.39, 0.29) is 24.9 Å². The molecule has 2 N–H and O–H groups in total.